The number of primary amides is 1. The molecule has 0 radical (unpaired) electrons. The number of nitrogens with one attached hydrogen (secondary N) is 8. The van der Waals surface area contributed by atoms with Gasteiger partial charge in [0, 0.05) is 37.1 Å². The van der Waals surface area contributed by atoms with Crippen LogP contribution in [-0.2, 0) is 44.9 Å². The smallest absolute Gasteiger partial charge is 0.303 e. The summed E-state index contributed by atoms with van der Waals surface area (Å²) in [6, 6.07) is 3.61. The number of carbonyl (C=O) groups excluding carboxylic acids is 7. The lowest BCUT2D eigenvalue weighted by Gasteiger charge is -2.20. The van der Waals surface area contributed by atoms with Crippen molar-refractivity contribution in [1.82, 2.24) is 51.8 Å². The number of carboxylic acid groups (broad SMARTS) is 2. The first-order chi connectivity index (χ1) is 28.0. The van der Waals surface area contributed by atoms with Crippen molar-refractivity contribution in [3.8, 4) is 0 Å². The quantitative estimate of drug-likeness (QED) is 0.0382. The number of hydrogen-bond donors (Lipinski definition) is 12. The Morgan fingerprint density at radius 1 is 0.729 bits per heavy atom. The van der Waals surface area contributed by atoms with Gasteiger partial charge < -0.3 is 58.9 Å². The molecule has 0 bridgehead atoms. The average molecular weight is 826 g/mol. The van der Waals surface area contributed by atoms with Crippen LogP contribution in [0.1, 0.15) is 54.6 Å². The lowest BCUT2D eigenvalue weighted by atomic mass is 10.1. The molecule has 1 aromatic carbocycles. The highest BCUT2D eigenvalue weighted by molar-refractivity contribution is 5.95. The SMILES string of the molecule is NC(=O)CNC(=O)[C@H](CCC(=O)O)NC(=O)CNC(=O)[C@H](CCC(=O)O)NC(=O)CNC(=O)CCCNC(=O)c1ccc(NCc2cnc3nc(N)[nH]c(=O)c3n2)cc1. The standard InChI is InChI=1S/C34H43N13O12/c35-22(48)14-41-31(57)20(7-9-26(52)53)45-25(51)16-42-32(58)21(8-10-27(54)55)44-24(50)15-39-23(49)2-1-11-37-30(56)17-3-5-18(6-4-17)38-12-19-13-40-29-28(43-19)33(59)47-34(36)46-29/h3-6,13,20-21,38H,1-2,7-12,14-16H2,(H2,35,48)(H,37,56)(H,39,49)(H,41,57)(H,42,58)(H,44,50)(H,45,51)(H,52,53)(H,54,55)(H3,36,40,46,47,59)/t20-,21-/m0/s1. The third-order valence-corrected chi connectivity index (χ3v) is 7.88. The third kappa shape index (κ3) is 16.5. The number of aliphatic carboxylic acids is 2. The zero-order valence-electron chi connectivity index (χ0n) is 31.3. The second-order valence-electron chi connectivity index (χ2n) is 12.6. The van der Waals surface area contributed by atoms with E-state index in [4.69, 9.17) is 21.7 Å². The molecule has 0 unspecified atom stereocenters. The molecule has 25 heteroatoms. The first kappa shape index (κ1) is 45.7. The summed E-state index contributed by atoms with van der Waals surface area (Å²) in [5, 5.41) is 35.0. The molecule has 2 atom stereocenters. The molecular formula is C34H43N13O12. The number of carboxylic acids is 2. The van der Waals surface area contributed by atoms with Crippen LogP contribution in [0.2, 0.25) is 0 Å². The van der Waals surface area contributed by atoms with E-state index in [-0.39, 0.29) is 49.5 Å². The highest BCUT2D eigenvalue weighted by Gasteiger charge is 2.25. The van der Waals surface area contributed by atoms with Crippen LogP contribution in [0.3, 0.4) is 0 Å². The van der Waals surface area contributed by atoms with Gasteiger partial charge in [0.25, 0.3) is 11.5 Å². The van der Waals surface area contributed by atoms with E-state index in [9.17, 15) is 47.9 Å². The monoisotopic (exact) mass is 825 g/mol. The van der Waals surface area contributed by atoms with Gasteiger partial charge in [-0.2, -0.15) is 4.98 Å². The van der Waals surface area contributed by atoms with Crippen LogP contribution in [0.5, 0.6) is 0 Å². The van der Waals surface area contributed by atoms with Gasteiger partial charge in [-0.15, -0.1) is 0 Å². The molecule has 2 aromatic heterocycles. The molecule has 0 aliphatic heterocycles. The second-order valence-corrected chi connectivity index (χ2v) is 12.6. The zero-order valence-corrected chi connectivity index (χ0v) is 31.3. The predicted octanol–water partition coefficient (Wildman–Crippen LogP) is -4.05. The number of nitrogens with zero attached hydrogens (tertiary/aromatic N) is 3. The second kappa shape index (κ2) is 22.7. The van der Waals surface area contributed by atoms with Gasteiger partial charge in [-0.3, -0.25) is 52.9 Å². The van der Waals surface area contributed by atoms with E-state index in [0.29, 0.717) is 16.9 Å². The van der Waals surface area contributed by atoms with Gasteiger partial charge in [0.15, 0.2) is 11.2 Å². The van der Waals surface area contributed by atoms with Crippen molar-refractivity contribution in [2.45, 2.75) is 57.2 Å². The van der Waals surface area contributed by atoms with E-state index < -0.39 is 110 Å². The molecule has 7 amide bonds. The van der Waals surface area contributed by atoms with Gasteiger partial charge in [0.1, 0.15) is 12.1 Å². The Bertz CT molecular complexity index is 2110. The van der Waals surface area contributed by atoms with E-state index in [1.165, 1.54) is 6.20 Å². The summed E-state index contributed by atoms with van der Waals surface area (Å²) in [5.41, 5.74) is 11.6. The number of amides is 7. The fraction of sp³-hybridized carbons (Fsp3) is 0.382. The highest BCUT2D eigenvalue weighted by atomic mass is 16.4. The maximum Gasteiger partial charge on any atom is 0.303 e. The van der Waals surface area contributed by atoms with Crippen molar-refractivity contribution in [2.24, 2.45) is 5.73 Å². The maximum atomic E-state index is 12.8. The van der Waals surface area contributed by atoms with Crippen LogP contribution in [-0.4, -0.2) is 122 Å². The van der Waals surface area contributed by atoms with Gasteiger partial charge in [0.05, 0.1) is 38.1 Å². The van der Waals surface area contributed by atoms with Crippen molar-refractivity contribution >= 4 is 76.1 Å². The lowest BCUT2D eigenvalue weighted by Crippen LogP contribution is -2.53. The Morgan fingerprint density at radius 3 is 1.88 bits per heavy atom. The molecule has 0 spiro atoms. The molecular weight excluding hydrogens is 782 g/mol. The fourth-order valence-corrected chi connectivity index (χ4v) is 4.96. The molecule has 0 saturated heterocycles. The minimum Gasteiger partial charge on any atom is -0.481 e. The number of anilines is 2. The fourth-order valence-electron chi connectivity index (χ4n) is 4.96. The van der Waals surface area contributed by atoms with Crippen molar-refractivity contribution in [3.63, 3.8) is 0 Å². The number of nitrogens with two attached hydrogens (primary N) is 2. The van der Waals surface area contributed by atoms with Gasteiger partial charge in [-0.05, 0) is 43.5 Å². The van der Waals surface area contributed by atoms with Crippen LogP contribution < -0.4 is 54.2 Å². The molecule has 14 N–H and O–H groups in total. The number of rotatable bonds is 24. The molecule has 0 aliphatic rings. The van der Waals surface area contributed by atoms with Gasteiger partial charge in [0.2, 0.25) is 41.4 Å². The number of fused-ring (bicyclic) bond motifs is 1. The van der Waals surface area contributed by atoms with Crippen molar-refractivity contribution in [2.75, 3.05) is 37.2 Å². The number of aromatic amines is 1. The molecule has 0 aliphatic carbocycles. The topological polar surface area (TPSA) is 402 Å². The van der Waals surface area contributed by atoms with E-state index in [0.717, 1.165) is 0 Å². The van der Waals surface area contributed by atoms with E-state index in [1.807, 2.05) is 0 Å². The van der Waals surface area contributed by atoms with E-state index >= 15 is 0 Å². The number of H-pyrrole nitrogens is 1. The van der Waals surface area contributed by atoms with Crippen LogP contribution >= 0.6 is 0 Å². The first-order valence-electron chi connectivity index (χ1n) is 17.8. The minimum atomic E-state index is -1.45. The number of benzene rings is 1. The molecule has 0 fully saturated rings. The Balaban J connectivity index is 1.39. The van der Waals surface area contributed by atoms with Gasteiger partial charge in [-0.1, -0.05) is 0 Å². The summed E-state index contributed by atoms with van der Waals surface area (Å²) in [5.74, 6) is -8.18. The Morgan fingerprint density at radius 2 is 1.31 bits per heavy atom. The summed E-state index contributed by atoms with van der Waals surface area (Å²) in [6.07, 6.45) is -0.272. The normalized spacial score (nSPS) is 11.6. The number of carbonyl (C=O) groups is 9. The summed E-state index contributed by atoms with van der Waals surface area (Å²) in [4.78, 5) is 135. The number of hydrogen-bond acceptors (Lipinski definition) is 15. The molecule has 59 heavy (non-hydrogen) atoms. The summed E-state index contributed by atoms with van der Waals surface area (Å²) in [7, 11) is 0. The van der Waals surface area contributed by atoms with E-state index in [1.54, 1.807) is 24.3 Å². The van der Waals surface area contributed by atoms with Crippen LogP contribution in [0.4, 0.5) is 11.6 Å². The predicted molar refractivity (Wildman–Crippen MR) is 204 cm³/mol. The molecule has 2 heterocycles. The highest BCUT2D eigenvalue weighted by Crippen LogP contribution is 2.12. The average Bonchev–Trinajstić information content (AvgIpc) is 3.19. The van der Waals surface area contributed by atoms with Crippen LogP contribution in [0, 0.1) is 0 Å². The molecule has 3 aromatic rings. The molecule has 0 saturated carbocycles. The first-order valence-corrected chi connectivity index (χ1v) is 17.8. The van der Waals surface area contributed by atoms with Crippen molar-refractivity contribution < 1.29 is 53.4 Å². The lowest BCUT2D eigenvalue weighted by molar-refractivity contribution is -0.138. The zero-order chi connectivity index (χ0) is 43.5. The Hall–Kier alpha value is -7.73. The van der Waals surface area contributed by atoms with E-state index in [2.05, 4.69) is 57.2 Å². The number of nitrogen functional groups attached to an aromatic ring is 1. The third-order valence-electron chi connectivity index (χ3n) is 7.88. The summed E-state index contributed by atoms with van der Waals surface area (Å²) < 4.78 is 0. The van der Waals surface area contributed by atoms with Crippen LogP contribution in [0.15, 0.2) is 35.3 Å². The van der Waals surface area contributed by atoms with Crippen molar-refractivity contribution in [1.29, 1.82) is 0 Å². The Labute approximate surface area is 333 Å². The summed E-state index contributed by atoms with van der Waals surface area (Å²) in [6.45, 7) is -1.60. The largest absolute Gasteiger partial charge is 0.481 e. The van der Waals surface area contributed by atoms with Gasteiger partial charge in [-0.25, -0.2) is 9.97 Å². The molecule has 316 valence electrons. The molecule has 25 nitrogen and oxygen atoms in total. The molecule has 3 rings (SSSR count). The summed E-state index contributed by atoms with van der Waals surface area (Å²) >= 11 is 0. The van der Waals surface area contributed by atoms with Crippen LogP contribution in [0.25, 0.3) is 11.2 Å². The Kier molecular flexibility index (Phi) is 17.6. The maximum absolute atomic E-state index is 12.8. The van der Waals surface area contributed by atoms with Gasteiger partial charge >= 0.3 is 11.9 Å². The van der Waals surface area contributed by atoms with Crippen molar-refractivity contribution in [3.05, 3.63) is 52.1 Å². The minimum absolute atomic E-state index is 0.0392. The number of aromatic nitrogens is 4.